The van der Waals surface area contributed by atoms with E-state index < -0.39 is 0 Å². The number of piperidine rings is 2. The average Bonchev–Trinajstić information content (AvgIpc) is 2.54. The molecule has 4 rings (SSSR count). The van der Waals surface area contributed by atoms with E-state index in [1.807, 2.05) is 6.07 Å². The predicted molar refractivity (Wildman–Crippen MR) is 88.7 cm³/mol. The van der Waals surface area contributed by atoms with Crippen LogP contribution in [0.1, 0.15) is 32.1 Å². The molecule has 2 aliphatic rings. The Morgan fingerprint density at radius 2 is 1.82 bits per heavy atom. The molecule has 0 aliphatic carbocycles. The highest BCUT2D eigenvalue weighted by molar-refractivity contribution is 5.89. The van der Waals surface area contributed by atoms with Crippen molar-refractivity contribution in [1.29, 1.82) is 0 Å². The van der Waals surface area contributed by atoms with Crippen LogP contribution in [-0.4, -0.2) is 25.3 Å². The third kappa shape index (κ3) is 2.66. The average molecular weight is 297 g/mol. The Labute approximate surface area is 131 Å². The molecule has 2 aromatic carbocycles. The van der Waals surface area contributed by atoms with E-state index in [0.29, 0.717) is 18.2 Å². The predicted octanol–water partition coefficient (Wildman–Crippen LogP) is 3.90. The summed E-state index contributed by atoms with van der Waals surface area (Å²) in [5.74, 6) is 1.82. The van der Waals surface area contributed by atoms with Crippen molar-refractivity contribution >= 4 is 10.8 Å². The highest BCUT2D eigenvalue weighted by Gasteiger charge is 2.32. The summed E-state index contributed by atoms with van der Waals surface area (Å²) in [6, 6.07) is 13.7. The zero-order valence-electron chi connectivity index (χ0n) is 13.0. The third-order valence-corrected chi connectivity index (χ3v) is 5.00. The van der Waals surface area contributed by atoms with Crippen LogP contribution in [0.15, 0.2) is 36.4 Å². The first kappa shape index (κ1) is 13.9. The van der Waals surface area contributed by atoms with Gasteiger partial charge < -0.3 is 14.8 Å². The molecule has 0 aromatic heterocycles. The maximum atomic E-state index is 6.43. The third-order valence-electron chi connectivity index (χ3n) is 5.00. The topological polar surface area (TPSA) is 30.5 Å². The van der Waals surface area contributed by atoms with Gasteiger partial charge in [0.05, 0.1) is 7.11 Å². The molecule has 2 bridgehead atoms. The van der Waals surface area contributed by atoms with Crippen LogP contribution in [0.25, 0.3) is 10.8 Å². The molecule has 1 N–H and O–H groups in total. The van der Waals surface area contributed by atoms with Crippen LogP contribution in [-0.2, 0) is 0 Å². The van der Waals surface area contributed by atoms with Crippen LogP contribution in [0.5, 0.6) is 11.5 Å². The Morgan fingerprint density at radius 3 is 2.59 bits per heavy atom. The van der Waals surface area contributed by atoms with Crippen LogP contribution in [0, 0.1) is 0 Å². The van der Waals surface area contributed by atoms with Gasteiger partial charge in [-0.1, -0.05) is 30.7 Å². The summed E-state index contributed by atoms with van der Waals surface area (Å²) >= 11 is 0. The molecule has 3 nitrogen and oxygen atoms in total. The van der Waals surface area contributed by atoms with Crippen LogP contribution in [0.4, 0.5) is 0 Å². The van der Waals surface area contributed by atoms with Gasteiger partial charge in [-0.2, -0.15) is 0 Å². The van der Waals surface area contributed by atoms with Crippen molar-refractivity contribution in [3.8, 4) is 11.5 Å². The molecule has 2 atom stereocenters. The molecule has 0 saturated carbocycles. The van der Waals surface area contributed by atoms with E-state index in [9.17, 15) is 0 Å². The maximum Gasteiger partial charge on any atom is 0.131 e. The number of fused-ring (bicyclic) bond motifs is 3. The number of benzene rings is 2. The van der Waals surface area contributed by atoms with Gasteiger partial charge in [0, 0.05) is 23.5 Å². The zero-order chi connectivity index (χ0) is 14.9. The number of rotatable bonds is 3. The summed E-state index contributed by atoms with van der Waals surface area (Å²) in [5, 5.41) is 6.07. The van der Waals surface area contributed by atoms with E-state index in [0.717, 1.165) is 24.3 Å². The minimum atomic E-state index is 0.312. The van der Waals surface area contributed by atoms with E-state index in [2.05, 4.69) is 35.6 Å². The van der Waals surface area contributed by atoms with Gasteiger partial charge in [0.25, 0.3) is 0 Å². The molecule has 2 aromatic rings. The van der Waals surface area contributed by atoms with Gasteiger partial charge in [-0.25, -0.2) is 0 Å². The molecule has 2 heterocycles. The fraction of sp³-hybridized carbons (Fsp3) is 0.474. The number of hydrogen-bond acceptors (Lipinski definition) is 3. The molecule has 0 radical (unpaired) electrons. The highest BCUT2D eigenvalue weighted by atomic mass is 16.5. The minimum absolute atomic E-state index is 0.312. The smallest absolute Gasteiger partial charge is 0.131 e. The van der Waals surface area contributed by atoms with E-state index >= 15 is 0 Å². The molecule has 0 amide bonds. The molecule has 22 heavy (non-hydrogen) atoms. The lowest BCUT2D eigenvalue weighted by Gasteiger charge is -2.40. The molecule has 3 heteroatoms. The first-order valence-electron chi connectivity index (χ1n) is 8.31. The van der Waals surface area contributed by atoms with Gasteiger partial charge >= 0.3 is 0 Å². The summed E-state index contributed by atoms with van der Waals surface area (Å²) in [6.07, 6.45) is 6.47. The van der Waals surface area contributed by atoms with E-state index in [1.54, 1.807) is 7.11 Å². The quantitative estimate of drug-likeness (QED) is 0.932. The van der Waals surface area contributed by atoms with Crippen LogP contribution in [0.2, 0.25) is 0 Å². The van der Waals surface area contributed by atoms with Crippen molar-refractivity contribution in [2.24, 2.45) is 0 Å². The summed E-state index contributed by atoms with van der Waals surface area (Å²) in [4.78, 5) is 0. The fourth-order valence-electron chi connectivity index (χ4n) is 3.95. The Bertz CT molecular complexity index is 658. The van der Waals surface area contributed by atoms with Gasteiger partial charge in [-0.05, 0) is 37.1 Å². The van der Waals surface area contributed by atoms with Crippen molar-refractivity contribution < 1.29 is 9.47 Å². The standard InChI is InChI=1S/C19H23NO2/c1-21-16-9-13-5-2-3-8-18(13)19(12-16)22-17-10-14-6-4-7-15(11-17)20-14/h2-3,5,8-9,12,14-15,17,20H,4,6-7,10-11H2,1H3. The lowest BCUT2D eigenvalue weighted by atomic mass is 9.85. The fourth-order valence-corrected chi connectivity index (χ4v) is 3.95. The zero-order valence-corrected chi connectivity index (χ0v) is 13.0. The van der Waals surface area contributed by atoms with Gasteiger partial charge in [0.15, 0.2) is 0 Å². The van der Waals surface area contributed by atoms with E-state index in [1.165, 1.54) is 30.0 Å². The van der Waals surface area contributed by atoms with E-state index in [4.69, 9.17) is 9.47 Å². The van der Waals surface area contributed by atoms with Crippen molar-refractivity contribution in [1.82, 2.24) is 5.32 Å². The van der Waals surface area contributed by atoms with Crippen molar-refractivity contribution in [3.05, 3.63) is 36.4 Å². The highest BCUT2D eigenvalue weighted by Crippen LogP contribution is 2.34. The largest absolute Gasteiger partial charge is 0.497 e. The Kier molecular flexibility index (Phi) is 3.67. The number of nitrogens with one attached hydrogen (secondary N) is 1. The second-order valence-electron chi connectivity index (χ2n) is 6.55. The summed E-state index contributed by atoms with van der Waals surface area (Å²) in [6.45, 7) is 0. The number of ether oxygens (including phenoxy) is 2. The van der Waals surface area contributed by atoms with Gasteiger partial charge in [-0.3, -0.25) is 0 Å². The first-order chi connectivity index (χ1) is 10.8. The van der Waals surface area contributed by atoms with Gasteiger partial charge in [0.2, 0.25) is 0 Å². The SMILES string of the molecule is COc1cc(OC2CC3CCCC(C2)N3)c2ccccc2c1. The first-order valence-corrected chi connectivity index (χ1v) is 8.31. The van der Waals surface area contributed by atoms with Crippen molar-refractivity contribution in [2.45, 2.75) is 50.3 Å². The van der Waals surface area contributed by atoms with Gasteiger partial charge in [0.1, 0.15) is 17.6 Å². The molecule has 2 saturated heterocycles. The molecule has 2 unspecified atom stereocenters. The maximum absolute atomic E-state index is 6.43. The second kappa shape index (κ2) is 5.81. The van der Waals surface area contributed by atoms with Crippen LogP contribution in [0.3, 0.4) is 0 Å². The molecule has 0 spiro atoms. The lowest BCUT2D eigenvalue weighted by Crippen LogP contribution is -2.51. The van der Waals surface area contributed by atoms with E-state index in [-0.39, 0.29) is 0 Å². The van der Waals surface area contributed by atoms with Crippen LogP contribution < -0.4 is 14.8 Å². The van der Waals surface area contributed by atoms with Crippen molar-refractivity contribution in [3.63, 3.8) is 0 Å². The second-order valence-corrected chi connectivity index (χ2v) is 6.55. The van der Waals surface area contributed by atoms with Crippen LogP contribution >= 0.6 is 0 Å². The Hall–Kier alpha value is -1.74. The molecule has 2 aliphatic heterocycles. The summed E-state index contributed by atoms with van der Waals surface area (Å²) in [5.41, 5.74) is 0. The monoisotopic (exact) mass is 297 g/mol. The molecular formula is C19H23NO2. The number of methoxy groups -OCH3 is 1. The molecular weight excluding hydrogens is 274 g/mol. The normalized spacial score (nSPS) is 27.6. The minimum Gasteiger partial charge on any atom is -0.497 e. The summed E-state index contributed by atoms with van der Waals surface area (Å²) in [7, 11) is 1.71. The van der Waals surface area contributed by atoms with Gasteiger partial charge in [-0.15, -0.1) is 0 Å². The summed E-state index contributed by atoms with van der Waals surface area (Å²) < 4.78 is 11.9. The lowest BCUT2D eigenvalue weighted by molar-refractivity contribution is 0.0938. The number of hydrogen-bond donors (Lipinski definition) is 1. The van der Waals surface area contributed by atoms with Crippen molar-refractivity contribution in [2.75, 3.05) is 7.11 Å². The Balaban J connectivity index is 1.63. The molecule has 2 fully saturated rings. The Morgan fingerprint density at radius 1 is 1.05 bits per heavy atom. The molecule has 116 valence electrons.